The first kappa shape index (κ1) is 13.6. The van der Waals surface area contributed by atoms with Crippen LogP contribution in [0.4, 0.5) is 0 Å². The first-order chi connectivity index (χ1) is 9.10. The van der Waals surface area contributed by atoms with E-state index in [4.69, 9.17) is 4.84 Å². The molecular formula is C15H20N2O2. The van der Waals surface area contributed by atoms with Gasteiger partial charge in [-0.2, -0.15) is 0 Å². The Hall–Kier alpha value is -1.84. The van der Waals surface area contributed by atoms with Crippen molar-refractivity contribution in [1.82, 2.24) is 4.90 Å². The van der Waals surface area contributed by atoms with Gasteiger partial charge in [0.05, 0.1) is 5.71 Å². The van der Waals surface area contributed by atoms with Crippen LogP contribution in [-0.4, -0.2) is 29.7 Å². The van der Waals surface area contributed by atoms with E-state index in [0.717, 1.165) is 17.7 Å². The largest absolute Gasteiger partial charge is 0.382 e. The molecule has 1 aromatic rings. The first-order valence-electron chi connectivity index (χ1n) is 6.62. The zero-order valence-electron chi connectivity index (χ0n) is 11.7. The highest BCUT2D eigenvalue weighted by atomic mass is 16.6. The van der Waals surface area contributed by atoms with Crippen LogP contribution in [-0.2, 0) is 22.6 Å². The lowest BCUT2D eigenvalue weighted by atomic mass is 10.1. The van der Waals surface area contributed by atoms with Gasteiger partial charge >= 0.3 is 0 Å². The van der Waals surface area contributed by atoms with Crippen molar-refractivity contribution in [2.75, 3.05) is 7.05 Å². The van der Waals surface area contributed by atoms with E-state index in [0.29, 0.717) is 13.0 Å². The Kier molecular flexibility index (Phi) is 4.20. The highest BCUT2D eigenvalue weighted by Crippen LogP contribution is 2.14. The average molecular weight is 260 g/mol. The number of oxime groups is 1. The van der Waals surface area contributed by atoms with Crippen LogP contribution in [0.2, 0.25) is 0 Å². The number of likely N-dealkylation sites (N-methyl/N-ethyl adjacent to an activating group) is 1. The summed E-state index contributed by atoms with van der Waals surface area (Å²) in [4.78, 5) is 19.0. The molecule has 1 atom stereocenters. The Bertz CT molecular complexity index is 479. The number of nitrogens with zero attached hydrogens (tertiary/aromatic N) is 2. The number of hydrogen-bond acceptors (Lipinski definition) is 3. The van der Waals surface area contributed by atoms with E-state index >= 15 is 0 Å². The SMILES string of the molecule is CCc1ccc(CN(C)C(=O)C2CC(C)=NO2)cc1. The van der Waals surface area contributed by atoms with Crippen LogP contribution in [0.5, 0.6) is 0 Å². The van der Waals surface area contributed by atoms with Crippen molar-refractivity contribution in [3.63, 3.8) is 0 Å². The van der Waals surface area contributed by atoms with Crippen LogP contribution in [0.15, 0.2) is 29.4 Å². The molecule has 0 saturated carbocycles. The molecule has 0 bridgehead atoms. The number of carbonyl (C=O) groups is 1. The summed E-state index contributed by atoms with van der Waals surface area (Å²) in [6.45, 7) is 4.60. The molecule has 1 heterocycles. The van der Waals surface area contributed by atoms with Gasteiger partial charge < -0.3 is 9.74 Å². The zero-order valence-corrected chi connectivity index (χ0v) is 11.7. The molecule has 1 aliphatic rings. The lowest BCUT2D eigenvalue weighted by Crippen LogP contribution is -2.36. The number of aryl methyl sites for hydroxylation is 1. The molecule has 1 aromatic carbocycles. The summed E-state index contributed by atoms with van der Waals surface area (Å²) >= 11 is 0. The molecule has 4 heteroatoms. The lowest BCUT2D eigenvalue weighted by molar-refractivity contribution is -0.141. The molecular weight excluding hydrogens is 240 g/mol. The fourth-order valence-corrected chi connectivity index (χ4v) is 2.11. The van der Waals surface area contributed by atoms with Crippen LogP contribution in [0.1, 0.15) is 31.4 Å². The van der Waals surface area contributed by atoms with Crippen molar-refractivity contribution in [2.45, 2.75) is 39.3 Å². The Morgan fingerprint density at radius 3 is 2.53 bits per heavy atom. The maximum atomic E-state index is 12.1. The summed E-state index contributed by atoms with van der Waals surface area (Å²) in [6, 6.07) is 8.35. The van der Waals surface area contributed by atoms with E-state index in [1.54, 1.807) is 11.9 Å². The molecule has 4 nitrogen and oxygen atoms in total. The second-order valence-corrected chi connectivity index (χ2v) is 4.99. The molecule has 19 heavy (non-hydrogen) atoms. The monoisotopic (exact) mass is 260 g/mol. The smallest absolute Gasteiger partial charge is 0.266 e. The summed E-state index contributed by atoms with van der Waals surface area (Å²) in [5, 5.41) is 3.82. The normalized spacial score (nSPS) is 17.8. The summed E-state index contributed by atoms with van der Waals surface area (Å²) < 4.78 is 0. The van der Waals surface area contributed by atoms with Gasteiger partial charge in [-0.05, 0) is 24.5 Å². The maximum absolute atomic E-state index is 12.1. The van der Waals surface area contributed by atoms with Crippen LogP contribution >= 0.6 is 0 Å². The Morgan fingerprint density at radius 1 is 1.37 bits per heavy atom. The van der Waals surface area contributed by atoms with Gasteiger partial charge in [-0.3, -0.25) is 4.79 Å². The number of amides is 1. The predicted molar refractivity (Wildman–Crippen MR) is 74.9 cm³/mol. The minimum Gasteiger partial charge on any atom is -0.382 e. The summed E-state index contributed by atoms with van der Waals surface area (Å²) in [5.74, 6) is -0.0137. The van der Waals surface area contributed by atoms with Crippen molar-refractivity contribution in [2.24, 2.45) is 5.16 Å². The van der Waals surface area contributed by atoms with Crippen LogP contribution in [0.25, 0.3) is 0 Å². The van der Waals surface area contributed by atoms with E-state index in [1.165, 1.54) is 5.56 Å². The number of rotatable bonds is 4. The maximum Gasteiger partial charge on any atom is 0.266 e. The molecule has 0 fully saturated rings. The first-order valence-corrected chi connectivity index (χ1v) is 6.62. The van der Waals surface area contributed by atoms with Crippen molar-refractivity contribution >= 4 is 11.6 Å². The van der Waals surface area contributed by atoms with Crippen LogP contribution in [0, 0.1) is 0 Å². The highest BCUT2D eigenvalue weighted by Gasteiger charge is 2.28. The molecule has 1 aliphatic heterocycles. The molecule has 2 rings (SSSR count). The fourth-order valence-electron chi connectivity index (χ4n) is 2.11. The third kappa shape index (κ3) is 3.34. The molecule has 0 N–H and O–H groups in total. The molecule has 102 valence electrons. The quantitative estimate of drug-likeness (QED) is 0.834. The zero-order chi connectivity index (χ0) is 13.8. The average Bonchev–Trinajstić information content (AvgIpc) is 2.85. The van der Waals surface area contributed by atoms with Crippen molar-refractivity contribution in [3.8, 4) is 0 Å². The molecule has 0 aromatic heterocycles. The van der Waals surface area contributed by atoms with Gasteiger partial charge in [-0.1, -0.05) is 36.3 Å². The summed E-state index contributed by atoms with van der Waals surface area (Å²) in [5.41, 5.74) is 3.31. The highest BCUT2D eigenvalue weighted by molar-refractivity contribution is 5.91. The van der Waals surface area contributed by atoms with Gasteiger partial charge in [0.25, 0.3) is 5.91 Å². The standard InChI is InChI=1S/C15H20N2O2/c1-4-12-5-7-13(8-6-12)10-17(3)15(18)14-9-11(2)16-19-14/h5-8,14H,4,9-10H2,1-3H3. The van der Waals surface area contributed by atoms with Gasteiger partial charge in [0, 0.05) is 20.0 Å². The minimum absolute atomic E-state index is 0.0137. The lowest BCUT2D eigenvalue weighted by Gasteiger charge is -2.20. The molecule has 1 amide bonds. The predicted octanol–water partition coefficient (Wildman–Crippen LogP) is 2.37. The van der Waals surface area contributed by atoms with Crippen molar-refractivity contribution in [1.29, 1.82) is 0 Å². The van der Waals surface area contributed by atoms with Gasteiger partial charge in [0.1, 0.15) is 0 Å². The van der Waals surface area contributed by atoms with Crippen molar-refractivity contribution in [3.05, 3.63) is 35.4 Å². The summed E-state index contributed by atoms with van der Waals surface area (Å²) in [6.07, 6.45) is 1.18. The molecule has 0 aliphatic carbocycles. The topological polar surface area (TPSA) is 41.9 Å². The second kappa shape index (κ2) is 5.87. The van der Waals surface area contributed by atoms with E-state index in [9.17, 15) is 4.79 Å². The van der Waals surface area contributed by atoms with Gasteiger partial charge in [0.2, 0.25) is 6.10 Å². The van der Waals surface area contributed by atoms with E-state index in [1.807, 2.05) is 6.92 Å². The molecule has 0 saturated heterocycles. The van der Waals surface area contributed by atoms with Crippen molar-refractivity contribution < 1.29 is 9.63 Å². The van der Waals surface area contributed by atoms with E-state index < -0.39 is 6.10 Å². The molecule has 0 radical (unpaired) electrons. The van der Waals surface area contributed by atoms with Crippen LogP contribution < -0.4 is 0 Å². The van der Waals surface area contributed by atoms with Gasteiger partial charge in [0.15, 0.2) is 0 Å². The Balaban J connectivity index is 1.92. The second-order valence-electron chi connectivity index (χ2n) is 4.99. The summed E-state index contributed by atoms with van der Waals surface area (Å²) in [7, 11) is 1.80. The fraction of sp³-hybridized carbons (Fsp3) is 0.467. The Morgan fingerprint density at radius 2 is 2.00 bits per heavy atom. The Labute approximate surface area is 114 Å². The van der Waals surface area contributed by atoms with Gasteiger partial charge in [-0.15, -0.1) is 0 Å². The van der Waals surface area contributed by atoms with E-state index in [-0.39, 0.29) is 5.91 Å². The number of carbonyl (C=O) groups excluding carboxylic acids is 1. The third-order valence-electron chi connectivity index (χ3n) is 3.32. The van der Waals surface area contributed by atoms with E-state index in [2.05, 4.69) is 36.3 Å². The number of hydrogen-bond donors (Lipinski definition) is 0. The number of benzene rings is 1. The van der Waals surface area contributed by atoms with Crippen LogP contribution in [0.3, 0.4) is 0 Å². The molecule has 1 unspecified atom stereocenters. The third-order valence-corrected chi connectivity index (χ3v) is 3.32. The molecule has 0 spiro atoms. The van der Waals surface area contributed by atoms with Gasteiger partial charge in [-0.25, -0.2) is 0 Å². The minimum atomic E-state index is -0.445.